The Morgan fingerprint density at radius 1 is 1.50 bits per heavy atom. The van der Waals surface area contributed by atoms with Crippen LogP contribution in [0.25, 0.3) is 0 Å². The normalized spacial score (nSPS) is 11.4. The van der Waals surface area contributed by atoms with Gasteiger partial charge in [-0.3, -0.25) is 0 Å². The van der Waals surface area contributed by atoms with Crippen LogP contribution in [-0.4, -0.2) is 54.9 Å². The summed E-state index contributed by atoms with van der Waals surface area (Å²) in [5, 5.41) is 11.5. The zero-order valence-corrected chi connectivity index (χ0v) is 13.0. The summed E-state index contributed by atoms with van der Waals surface area (Å²) in [5.41, 5.74) is 5.48. The van der Waals surface area contributed by atoms with Crippen molar-refractivity contribution < 1.29 is 14.7 Å². The summed E-state index contributed by atoms with van der Waals surface area (Å²) >= 11 is 3.30. The van der Waals surface area contributed by atoms with Gasteiger partial charge >= 0.3 is 0 Å². The van der Waals surface area contributed by atoms with Gasteiger partial charge in [0, 0.05) is 26.6 Å². The van der Waals surface area contributed by atoms with Crippen LogP contribution >= 0.6 is 15.9 Å². The maximum atomic E-state index is 8.58. The number of hydrogen-bond donors (Lipinski definition) is 2. The van der Waals surface area contributed by atoms with Gasteiger partial charge in [-0.2, -0.15) is 4.98 Å². The van der Waals surface area contributed by atoms with E-state index in [4.69, 9.17) is 20.4 Å². The number of amidine groups is 1. The predicted molar refractivity (Wildman–Crippen MR) is 78.4 cm³/mol. The zero-order valence-electron chi connectivity index (χ0n) is 11.4. The van der Waals surface area contributed by atoms with E-state index < -0.39 is 0 Å². The molecule has 0 bridgehead atoms. The van der Waals surface area contributed by atoms with Gasteiger partial charge < -0.3 is 25.3 Å². The number of hydrogen-bond acceptors (Lipinski definition) is 7. The number of nitrogens with zero attached hydrogens (tertiary/aromatic N) is 4. The number of oxime groups is 1. The second-order valence-corrected chi connectivity index (χ2v) is 4.70. The van der Waals surface area contributed by atoms with Crippen LogP contribution < -0.4 is 15.4 Å². The lowest BCUT2D eigenvalue weighted by Gasteiger charge is -2.22. The molecule has 0 radical (unpaired) electrons. The molecule has 1 aromatic heterocycles. The van der Waals surface area contributed by atoms with Gasteiger partial charge in [0.1, 0.15) is 5.84 Å². The molecule has 8 nitrogen and oxygen atoms in total. The Morgan fingerprint density at radius 3 is 2.85 bits per heavy atom. The average molecular weight is 348 g/mol. The molecule has 0 saturated heterocycles. The van der Waals surface area contributed by atoms with Crippen LogP contribution in [0.3, 0.4) is 0 Å². The van der Waals surface area contributed by atoms with E-state index in [-0.39, 0.29) is 5.84 Å². The molecular formula is C11H18BrN5O3. The summed E-state index contributed by atoms with van der Waals surface area (Å²) in [6.07, 6.45) is 2.01. The van der Waals surface area contributed by atoms with Crippen molar-refractivity contribution in [3.63, 3.8) is 0 Å². The first-order valence-corrected chi connectivity index (χ1v) is 6.68. The fraction of sp³-hybridized carbons (Fsp3) is 0.545. The number of anilines is 1. The molecule has 9 heteroatoms. The number of methoxy groups -OCH3 is 2. The Morgan fingerprint density at radius 2 is 2.25 bits per heavy atom. The maximum absolute atomic E-state index is 8.58. The molecule has 1 aromatic rings. The SMILES string of the molecule is COCCN(CCC(N)=NO)c1ncc(Br)c(OC)n1. The number of halogens is 1. The summed E-state index contributed by atoms with van der Waals surface area (Å²) < 4.78 is 10.9. The first kappa shape index (κ1) is 16.4. The fourth-order valence-corrected chi connectivity index (χ4v) is 1.80. The molecule has 1 rings (SSSR count). The van der Waals surface area contributed by atoms with E-state index in [1.807, 2.05) is 4.90 Å². The van der Waals surface area contributed by atoms with Gasteiger partial charge in [-0.1, -0.05) is 5.16 Å². The van der Waals surface area contributed by atoms with Crippen LogP contribution in [0.5, 0.6) is 5.88 Å². The highest BCUT2D eigenvalue weighted by molar-refractivity contribution is 9.10. The predicted octanol–water partition coefficient (Wildman–Crippen LogP) is 0.837. The molecule has 112 valence electrons. The van der Waals surface area contributed by atoms with Crippen molar-refractivity contribution in [2.75, 3.05) is 38.8 Å². The quantitative estimate of drug-likeness (QED) is 0.310. The minimum Gasteiger partial charge on any atom is -0.480 e. The average Bonchev–Trinajstić information content (AvgIpc) is 2.47. The molecule has 0 atom stereocenters. The molecule has 0 fully saturated rings. The summed E-state index contributed by atoms with van der Waals surface area (Å²) in [5.74, 6) is 1.09. The van der Waals surface area contributed by atoms with E-state index in [1.165, 1.54) is 7.11 Å². The van der Waals surface area contributed by atoms with E-state index in [9.17, 15) is 0 Å². The number of nitrogens with two attached hydrogens (primary N) is 1. The Labute approximate surface area is 125 Å². The third-order valence-corrected chi connectivity index (χ3v) is 3.05. The van der Waals surface area contributed by atoms with Gasteiger partial charge in [-0.25, -0.2) is 4.98 Å². The van der Waals surface area contributed by atoms with Crippen LogP contribution in [0, 0.1) is 0 Å². The van der Waals surface area contributed by atoms with Crippen LogP contribution in [-0.2, 0) is 4.74 Å². The number of aromatic nitrogens is 2. The molecule has 3 N–H and O–H groups in total. The zero-order chi connectivity index (χ0) is 15.0. The third-order valence-electron chi connectivity index (χ3n) is 2.51. The first-order valence-electron chi connectivity index (χ1n) is 5.89. The van der Waals surface area contributed by atoms with Gasteiger partial charge in [0.25, 0.3) is 0 Å². The minimum absolute atomic E-state index is 0.150. The van der Waals surface area contributed by atoms with Crippen molar-refractivity contribution in [3.8, 4) is 5.88 Å². The monoisotopic (exact) mass is 347 g/mol. The maximum Gasteiger partial charge on any atom is 0.232 e. The van der Waals surface area contributed by atoms with Gasteiger partial charge in [0.15, 0.2) is 0 Å². The van der Waals surface area contributed by atoms with E-state index in [2.05, 4.69) is 31.1 Å². The topological polar surface area (TPSA) is 106 Å². The van der Waals surface area contributed by atoms with Crippen LogP contribution in [0.2, 0.25) is 0 Å². The second kappa shape index (κ2) is 8.54. The molecular weight excluding hydrogens is 330 g/mol. The van der Waals surface area contributed by atoms with Gasteiger partial charge in [-0.05, 0) is 15.9 Å². The molecule has 0 unspecified atom stereocenters. The van der Waals surface area contributed by atoms with E-state index >= 15 is 0 Å². The van der Waals surface area contributed by atoms with Crippen LogP contribution in [0.4, 0.5) is 5.95 Å². The summed E-state index contributed by atoms with van der Waals surface area (Å²) in [6.45, 7) is 1.60. The van der Waals surface area contributed by atoms with Crippen molar-refractivity contribution in [2.24, 2.45) is 10.9 Å². The highest BCUT2D eigenvalue weighted by atomic mass is 79.9. The van der Waals surface area contributed by atoms with Gasteiger partial charge in [-0.15, -0.1) is 0 Å². The van der Waals surface area contributed by atoms with Crippen LogP contribution in [0.1, 0.15) is 6.42 Å². The molecule has 0 aliphatic heterocycles. The molecule has 1 heterocycles. The number of rotatable bonds is 8. The molecule has 20 heavy (non-hydrogen) atoms. The van der Waals surface area contributed by atoms with Crippen molar-refractivity contribution >= 4 is 27.7 Å². The summed E-state index contributed by atoms with van der Waals surface area (Å²) in [6, 6.07) is 0. The summed E-state index contributed by atoms with van der Waals surface area (Å²) in [4.78, 5) is 10.4. The van der Waals surface area contributed by atoms with Crippen molar-refractivity contribution in [3.05, 3.63) is 10.7 Å². The Balaban J connectivity index is 2.85. The third kappa shape index (κ3) is 4.82. The fourth-order valence-electron chi connectivity index (χ4n) is 1.45. The molecule has 0 spiro atoms. The van der Waals surface area contributed by atoms with Gasteiger partial charge in [0.2, 0.25) is 11.8 Å². The highest BCUT2D eigenvalue weighted by Gasteiger charge is 2.13. The smallest absolute Gasteiger partial charge is 0.232 e. The molecule has 0 aromatic carbocycles. The van der Waals surface area contributed by atoms with E-state index in [0.717, 1.165) is 0 Å². The highest BCUT2D eigenvalue weighted by Crippen LogP contribution is 2.23. The first-order chi connectivity index (χ1) is 9.62. The Bertz CT molecular complexity index is 458. The van der Waals surface area contributed by atoms with Crippen molar-refractivity contribution in [1.29, 1.82) is 0 Å². The molecule has 0 amide bonds. The number of ether oxygens (including phenoxy) is 2. The van der Waals surface area contributed by atoms with Crippen molar-refractivity contribution in [2.45, 2.75) is 6.42 Å². The molecule has 0 saturated carbocycles. The lowest BCUT2D eigenvalue weighted by molar-refractivity contribution is 0.205. The Hall–Kier alpha value is -1.61. The van der Waals surface area contributed by atoms with E-state index in [0.29, 0.717) is 42.4 Å². The standard InChI is InChI=1S/C11H18BrN5O3/c1-19-6-5-17(4-3-9(13)16-18)11-14-7-8(12)10(15-11)20-2/h7,18H,3-6H2,1-2H3,(H2,13,16). The lowest BCUT2D eigenvalue weighted by Crippen LogP contribution is -2.32. The van der Waals surface area contributed by atoms with Crippen LogP contribution in [0.15, 0.2) is 15.8 Å². The van der Waals surface area contributed by atoms with Gasteiger partial charge in [0.05, 0.1) is 24.4 Å². The van der Waals surface area contributed by atoms with Crippen molar-refractivity contribution in [1.82, 2.24) is 9.97 Å². The van der Waals surface area contributed by atoms with E-state index in [1.54, 1.807) is 13.3 Å². The largest absolute Gasteiger partial charge is 0.480 e. The molecule has 0 aliphatic rings. The second-order valence-electron chi connectivity index (χ2n) is 3.85. The minimum atomic E-state index is 0.150. The molecule has 0 aliphatic carbocycles. The summed E-state index contributed by atoms with van der Waals surface area (Å²) in [7, 11) is 3.15. The lowest BCUT2D eigenvalue weighted by atomic mass is 10.3. The Kier molecular flexibility index (Phi) is 7.02.